The number of carbonyl (C=O) groups is 1. The van der Waals surface area contributed by atoms with Crippen LogP contribution in [0.3, 0.4) is 0 Å². The van der Waals surface area contributed by atoms with E-state index in [2.05, 4.69) is 5.32 Å². The van der Waals surface area contributed by atoms with E-state index >= 15 is 0 Å². The molecule has 0 aliphatic rings. The highest BCUT2D eigenvalue weighted by molar-refractivity contribution is 5.81. The monoisotopic (exact) mass is 201 g/mol. The number of rotatable bonds is 6. The molecule has 0 rings (SSSR count). The smallest absolute Gasteiger partial charge is 0.236 e. The lowest BCUT2D eigenvalue weighted by Crippen LogP contribution is -2.52. The summed E-state index contributed by atoms with van der Waals surface area (Å²) < 4.78 is 0. The number of hydrogen-bond acceptors (Lipinski definition) is 3. The second kappa shape index (κ2) is 5.98. The Morgan fingerprint density at radius 1 is 1.36 bits per heavy atom. The standard InChI is InChI=1S/C10H23N3O/c1-4-8(11)9(14)13-7-10(12,5-2)6-3/h8H,4-7,11-12H2,1-3H3,(H,13,14)/t8-/m0/s1. The van der Waals surface area contributed by atoms with Crippen LogP contribution >= 0.6 is 0 Å². The quantitative estimate of drug-likeness (QED) is 0.580. The molecule has 5 N–H and O–H groups in total. The van der Waals surface area contributed by atoms with Gasteiger partial charge in [0.15, 0.2) is 0 Å². The van der Waals surface area contributed by atoms with Gasteiger partial charge in [0.25, 0.3) is 0 Å². The van der Waals surface area contributed by atoms with Crippen LogP contribution in [0.1, 0.15) is 40.0 Å². The van der Waals surface area contributed by atoms with E-state index in [0.29, 0.717) is 13.0 Å². The third-order valence-corrected chi connectivity index (χ3v) is 2.80. The zero-order chi connectivity index (χ0) is 11.2. The summed E-state index contributed by atoms with van der Waals surface area (Å²) in [5.74, 6) is -0.107. The predicted octanol–water partition coefficient (Wildman–Crippen LogP) is 0.357. The zero-order valence-electron chi connectivity index (χ0n) is 9.47. The van der Waals surface area contributed by atoms with Gasteiger partial charge in [-0.1, -0.05) is 20.8 Å². The van der Waals surface area contributed by atoms with Gasteiger partial charge in [0.05, 0.1) is 6.04 Å². The van der Waals surface area contributed by atoms with E-state index in [1.54, 1.807) is 0 Å². The molecule has 0 saturated heterocycles. The molecule has 0 radical (unpaired) electrons. The Morgan fingerprint density at radius 3 is 2.21 bits per heavy atom. The fourth-order valence-corrected chi connectivity index (χ4v) is 1.08. The van der Waals surface area contributed by atoms with Crippen LogP contribution in [0.15, 0.2) is 0 Å². The van der Waals surface area contributed by atoms with Crippen molar-refractivity contribution in [2.75, 3.05) is 6.54 Å². The normalized spacial score (nSPS) is 13.8. The summed E-state index contributed by atoms with van der Waals surface area (Å²) in [5.41, 5.74) is 11.3. The zero-order valence-corrected chi connectivity index (χ0v) is 9.47. The van der Waals surface area contributed by atoms with Gasteiger partial charge in [-0.2, -0.15) is 0 Å². The second-order valence-electron chi connectivity index (χ2n) is 3.80. The number of nitrogens with two attached hydrogens (primary N) is 2. The van der Waals surface area contributed by atoms with Gasteiger partial charge in [0.2, 0.25) is 5.91 Å². The fraction of sp³-hybridized carbons (Fsp3) is 0.900. The van der Waals surface area contributed by atoms with Gasteiger partial charge in [-0.05, 0) is 19.3 Å². The molecule has 0 bridgehead atoms. The van der Waals surface area contributed by atoms with Crippen LogP contribution in [0.25, 0.3) is 0 Å². The molecule has 1 atom stereocenters. The van der Waals surface area contributed by atoms with Crippen LogP contribution in [0.4, 0.5) is 0 Å². The van der Waals surface area contributed by atoms with Crippen molar-refractivity contribution in [3.8, 4) is 0 Å². The van der Waals surface area contributed by atoms with Crippen molar-refractivity contribution in [2.24, 2.45) is 11.5 Å². The molecule has 0 aliphatic carbocycles. The first-order valence-electron chi connectivity index (χ1n) is 5.31. The molecule has 0 aliphatic heterocycles. The van der Waals surface area contributed by atoms with E-state index in [4.69, 9.17) is 11.5 Å². The number of nitrogens with one attached hydrogen (secondary N) is 1. The molecule has 14 heavy (non-hydrogen) atoms. The predicted molar refractivity (Wildman–Crippen MR) is 58.8 cm³/mol. The highest BCUT2D eigenvalue weighted by Crippen LogP contribution is 2.09. The topological polar surface area (TPSA) is 81.1 Å². The second-order valence-corrected chi connectivity index (χ2v) is 3.80. The van der Waals surface area contributed by atoms with Gasteiger partial charge < -0.3 is 16.8 Å². The van der Waals surface area contributed by atoms with Crippen LogP contribution < -0.4 is 16.8 Å². The molecule has 4 heteroatoms. The summed E-state index contributed by atoms with van der Waals surface area (Å²) >= 11 is 0. The largest absolute Gasteiger partial charge is 0.353 e. The lowest BCUT2D eigenvalue weighted by Gasteiger charge is -2.27. The van der Waals surface area contributed by atoms with Crippen LogP contribution in [0.2, 0.25) is 0 Å². The Kier molecular flexibility index (Phi) is 5.72. The molecule has 0 aromatic heterocycles. The van der Waals surface area contributed by atoms with Gasteiger partial charge >= 0.3 is 0 Å². The third kappa shape index (κ3) is 4.07. The summed E-state index contributed by atoms with van der Waals surface area (Å²) in [4.78, 5) is 11.4. The van der Waals surface area contributed by atoms with Crippen molar-refractivity contribution in [3.63, 3.8) is 0 Å². The van der Waals surface area contributed by atoms with Crippen LogP contribution in [0, 0.1) is 0 Å². The van der Waals surface area contributed by atoms with Crippen LogP contribution in [-0.2, 0) is 4.79 Å². The minimum absolute atomic E-state index is 0.107. The highest BCUT2D eigenvalue weighted by atomic mass is 16.2. The number of carbonyl (C=O) groups excluding carboxylic acids is 1. The lowest BCUT2D eigenvalue weighted by atomic mass is 9.94. The molecule has 0 heterocycles. The molecule has 0 fully saturated rings. The molecule has 0 aromatic rings. The van der Waals surface area contributed by atoms with E-state index in [-0.39, 0.29) is 11.4 Å². The van der Waals surface area contributed by atoms with Crippen molar-refractivity contribution in [3.05, 3.63) is 0 Å². The number of amides is 1. The first-order valence-corrected chi connectivity index (χ1v) is 5.31. The molecule has 0 spiro atoms. The van der Waals surface area contributed by atoms with Crippen molar-refractivity contribution >= 4 is 5.91 Å². The minimum Gasteiger partial charge on any atom is -0.353 e. The van der Waals surface area contributed by atoms with E-state index in [9.17, 15) is 4.79 Å². The minimum atomic E-state index is -0.409. The van der Waals surface area contributed by atoms with Crippen molar-refractivity contribution in [2.45, 2.75) is 51.6 Å². The van der Waals surface area contributed by atoms with Crippen LogP contribution in [0.5, 0.6) is 0 Å². The maximum Gasteiger partial charge on any atom is 0.236 e. The first-order chi connectivity index (χ1) is 6.49. The molecule has 84 valence electrons. The highest BCUT2D eigenvalue weighted by Gasteiger charge is 2.21. The maximum atomic E-state index is 11.4. The molecule has 4 nitrogen and oxygen atoms in total. The van der Waals surface area contributed by atoms with Crippen LogP contribution in [-0.4, -0.2) is 24.0 Å². The summed E-state index contributed by atoms with van der Waals surface area (Å²) in [6, 6.07) is -0.409. The van der Waals surface area contributed by atoms with Gasteiger partial charge in [-0.15, -0.1) is 0 Å². The molecular formula is C10H23N3O. The van der Waals surface area contributed by atoms with Crippen molar-refractivity contribution in [1.29, 1.82) is 0 Å². The first kappa shape index (κ1) is 13.4. The average molecular weight is 201 g/mol. The summed E-state index contributed by atoms with van der Waals surface area (Å²) in [7, 11) is 0. The molecule has 0 aromatic carbocycles. The molecular weight excluding hydrogens is 178 g/mol. The summed E-state index contributed by atoms with van der Waals surface area (Å²) in [6.07, 6.45) is 2.36. The molecule has 1 amide bonds. The van der Waals surface area contributed by atoms with Gasteiger partial charge in [-0.3, -0.25) is 4.79 Å². The van der Waals surface area contributed by atoms with E-state index in [0.717, 1.165) is 12.8 Å². The Labute approximate surface area is 86.4 Å². The molecule has 0 saturated carbocycles. The Bertz CT molecular complexity index is 178. The molecule has 0 unspecified atom stereocenters. The average Bonchev–Trinajstić information content (AvgIpc) is 2.24. The van der Waals surface area contributed by atoms with Gasteiger partial charge in [0.1, 0.15) is 0 Å². The third-order valence-electron chi connectivity index (χ3n) is 2.80. The Balaban J connectivity index is 3.98. The lowest BCUT2D eigenvalue weighted by molar-refractivity contribution is -0.122. The van der Waals surface area contributed by atoms with E-state index in [1.165, 1.54) is 0 Å². The van der Waals surface area contributed by atoms with E-state index < -0.39 is 6.04 Å². The Morgan fingerprint density at radius 2 is 1.86 bits per heavy atom. The Hall–Kier alpha value is -0.610. The van der Waals surface area contributed by atoms with Crippen molar-refractivity contribution < 1.29 is 4.79 Å². The fourth-order valence-electron chi connectivity index (χ4n) is 1.08. The van der Waals surface area contributed by atoms with E-state index in [1.807, 2.05) is 20.8 Å². The van der Waals surface area contributed by atoms with Gasteiger partial charge in [-0.25, -0.2) is 0 Å². The summed E-state index contributed by atoms with van der Waals surface area (Å²) in [6.45, 7) is 6.44. The van der Waals surface area contributed by atoms with Gasteiger partial charge in [0, 0.05) is 12.1 Å². The van der Waals surface area contributed by atoms with Crippen molar-refractivity contribution in [1.82, 2.24) is 5.32 Å². The maximum absolute atomic E-state index is 11.4. The summed E-state index contributed by atoms with van der Waals surface area (Å²) in [5, 5.41) is 2.79. The number of hydrogen-bond donors (Lipinski definition) is 3. The SMILES string of the molecule is CC[C@H](N)C(=O)NCC(N)(CC)CC.